The van der Waals surface area contributed by atoms with Gasteiger partial charge >= 0.3 is 0 Å². The summed E-state index contributed by atoms with van der Waals surface area (Å²) in [7, 11) is 1.54. The van der Waals surface area contributed by atoms with Crippen molar-refractivity contribution >= 4 is 23.9 Å². The highest BCUT2D eigenvalue weighted by molar-refractivity contribution is 5.93. The summed E-state index contributed by atoms with van der Waals surface area (Å²) in [6.07, 6.45) is 11.7. The molecule has 2 aromatic carbocycles. The lowest BCUT2D eigenvalue weighted by Gasteiger charge is -2.15. The molecule has 0 unspecified atom stereocenters. The summed E-state index contributed by atoms with van der Waals surface area (Å²) in [6.45, 7) is 1.23. The van der Waals surface area contributed by atoms with Crippen molar-refractivity contribution in [3.8, 4) is 11.5 Å². The number of nitrogens with zero attached hydrogens (tertiary/aromatic N) is 2. The monoisotopic (exact) mass is 397 g/mol. The standard InChI is InChI=1S/C25H23N3O2/c1-30-25-7-5-20(13-24(25)29)14-27-16-22-17-28-15-21-6-4-19(12-23(21)22)3-2-18-8-10-26-11-9-18/h2-13,15-16,27,29H,14,17H2,1H3. The minimum absolute atomic E-state index is 0.141. The van der Waals surface area contributed by atoms with Crippen molar-refractivity contribution in [2.24, 2.45) is 4.99 Å². The number of aromatic nitrogens is 1. The molecule has 4 rings (SSSR count). The van der Waals surface area contributed by atoms with E-state index < -0.39 is 0 Å². The number of nitrogens with one attached hydrogen (secondary N) is 1. The van der Waals surface area contributed by atoms with Gasteiger partial charge in [-0.1, -0.05) is 30.4 Å². The first-order chi connectivity index (χ1) is 14.7. The fourth-order valence-corrected chi connectivity index (χ4v) is 3.32. The van der Waals surface area contributed by atoms with E-state index in [1.54, 1.807) is 31.6 Å². The Morgan fingerprint density at radius 3 is 2.67 bits per heavy atom. The maximum absolute atomic E-state index is 9.94. The lowest BCUT2D eigenvalue weighted by atomic mass is 9.96. The third-order valence-corrected chi connectivity index (χ3v) is 4.92. The average Bonchev–Trinajstić information content (AvgIpc) is 2.78. The maximum atomic E-state index is 9.94. The van der Waals surface area contributed by atoms with E-state index in [9.17, 15) is 5.11 Å². The number of ether oxygens (including phenoxy) is 1. The minimum atomic E-state index is 0.141. The van der Waals surface area contributed by atoms with Gasteiger partial charge in [0.2, 0.25) is 0 Å². The first-order valence-electron chi connectivity index (χ1n) is 9.73. The van der Waals surface area contributed by atoms with Crippen molar-refractivity contribution in [3.63, 3.8) is 0 Å². The Morgan fingerprint density at radius 1 is 1.03 bits per heavy atom. The second-order valence-electron chi connectivity index (χ2n) is 6.99. The van der Waals surface area contributed by atoms with E-state index in [1.165, 1.54) is 5.56 Å². The Morgan fingerprint density at radius 2 is 1.87 bits per heavy atom. The molecule has 0 radical (unpaired) electrons. The summed E-state index contributed by atoms with van der Waals surface area (Å²) in [5, 5.41) is 13.3. The summed E-state index contributed by atoms with van der Waals surface area (Å²) >= 11 is 0. The van der Waals surface area contributed by atoms with Crippen molar-refractivity contribution in [1.29, 1.82) is 0 Å². The van der Waals surface area contributed by atoms with Gasteiger partial charge in [0.1, 0.15) is 0 Å². The molecule has 1 aliphatic rings. The molecule has 0 fully saturated rings. The van der Waals surface area contributed by atoms with Crippen LogP contribution in [-0.2, 0) is 6.54 Å². The molecule has 0 amide bonds. The van der Waals surface area contributed by atoms with Crippen LogP contribution < -0.4 is 10.1 Å². The Balaban J connectivity index is 1.50. The lowest BCUT2D eigenvalue weighted by molar-refractivity contribution is 0.373. The molecule has 3 aromatic rings. The summed E-state index contributed by atoms with van der Waals surface area (Å²) in [4.78, 5) is 8.52. The Hall–Kier alpha value is -3.86. The lowest BCUT2D eigenvalue weighted by Crippen LogP contribution is -2.10. The van der Waals surface area contributed by atoms with Crippen LogP contribution in [0, 0.1) is 0 Å². The fraction of sp³-hybridized carbons (Fsp3) is 0.120. The van der Waals surface area contributed by atoms with E-state index in [-0.39, 0.29) is 5.75 Å². The smallest absolute Gasteiger partial charge is 0.160 e. The zero-order valence-electron chi connectivity index (χ0n) is 16.7. The quantitative estimate of drug-likeness (QED) is 0.641. The van der Waals surface area contributed by atoms with Crippen LogP contribution in [0.25, 0.3) is 17.7 Å². The van der Waals surface area contributed by atoms with E-state index >= 15 is 0 Å². The number of fused-ring (bicyclic) bond motifs is 1. The largest absolute Gasteiger partial charge is 0.504 e. The van der Waals surface area contributed by atoms with Crippen LogP contribution in [0.4, 0.5) is 0 Å². The molecule has 2 heterocycles. The maximum Gasteiger partial charge on any atom is 0.160 e. The fourth-order valence-electron chi connectivity index (χ4n) is 3.32. The van der Waals surface area contributed by atoms with E-state index in [1.807, 2.05) is 30.6 Å². The van der Waals surface area contributed by atoms with Crippen molar-refractivity contribution < 1.29 is 9.84 Å². The van der Waals surface area contributed by atoms with Gasteiger partial charge in [0.15, 0.2) is 11.5 Å². The zero-order valence-corrected chi connectivity index (χ0v) is 16.7. The molecule has 30 heavy (non-hydrogen) atoms. The predicted molar refractivity (Wildman–Crippen MR) is 122 cm³/mol. The van der Waals surface area contributed by atoms with Gasteiger partial charge in [0.05, 0.1) is 13.7 Å². The number of phenolic OH excluding ortho intramolecular Hbond substituents is 1. The minimum Gasteiger partial charge on any atom is -0.504 e. The molecule has 5 nitrogen and oxygen atoms in total. The van der Waals surface area contributed by atoms with Crippen LogP contribution in [0.2, 0.25) is 0 Å². The molecule has 0 bridgehead atoms. The zero-order chi connectivity index (χ0) is 20.8. The van der Waals surface area contributed by atoms with Crippen LogP contribution >= 0.6 is 0 Å². The number of phenols is 1. The van der Waals surface area contributed by atoms with E-state index in [0.717, 1.165) is 27.8 Å². The Kier molecular flexibility index (Phi) is 5.90. The van der Waals surface area contributed by atoms with Crippen LogP contribution in [0.1, 0.15) is 27.8 Å². The number of hydrogen-bond acceptors (Lipinski definition) is 5. The number of rotatable bonds is 6. The average molecular weight is 397 g/mol. The second kappa shape index (κ2) is 9.09. The molecule has 2 N–H and O–H groups in total. The highest BCUT2D eigenvalue weighted by Crippen LogP contribution is 2.27. The molecule has 0 saturated heterocycles. The molecule has 0 saturated carbocycles. The van der Waals surface area contributed by atoms with Crippen LogP contribution in [0.15, 0.2) is 72.1 Å². The summed E-state index contributed by atoms with van der Waals surface area (Å²) in [5.74, 6) is 0.614. The van der Waals surface area contributed by atoms with Crippen LogP contribution in [0.5, 0.6) is 11.5 Å². The summed E-state index contributed by atoms with van der Waals surface area (Å²) < 4.78 is 5.09. The van der Waals surface area contributed by atoms with Gasteiger partial charge in [-0.15, -0.1) is 0 Å². The SMILES string of the molecule is COc1ccc(CNC=C2CN=Cc3ccc(C=Cc4ccncc4)cc32)cc1O. The molecule has 1 aliphatic heterocycles. The highest BCUT2D eigenvalue weighted by atomic mass is 16.5. The first-order valence-corrected chi connectivity index (χ1v) is 9.73. The van der Waals surface area contributed by atoms with Crippen molar-refractivity contribution in [2.75, 3.05) is 13.7 Å². The third-order valence-electron chi connectivity index (χ3n) is 4.92. The Labute approximate surface area is 176 Å². The second-order valence-corrected chi connectivity index (χ2v) is 6.99. The highest BCUT2D eigenvalue weighted by Gasteiger charge is 2.11. The molecule has 0 atom stereocenters. The molecule has 5 heteroatoms. The van der Waals surface area contributed by atoms with Gasteiger partial charge < -0.3 is 15.2 Å². The van der Waals surface area contributed by atoms with Gasteiger partial charge in [0.25, 0.3) is 0 Å². The topological polar surface area (TPSA) is 66.7 Å². The summed E-state index contributed by atoms with van der Waals surface area (Å²) in [5.41, 5.74) is 6.63. The van der Waals surface area contributed by atoms with Crippen LogP contribution in [0.3, 0.4) is 0 Å². The predicted octanol–water partition coefficient (Wildman–Crippen LogP) is 4.53. The number of benzene rings is 2. The van der Waals surface area contributed by atoms with E-state index in [4.69, 9.17) is 4.74 Å². The van der Waals surface area contributed by atoms with E-state index in [0.29, 0.717) is 18.8 Å². The van der Waals surface area contributed by atoms with Crippen LogP contribution in [-0.4, -0.2) is 30.0 Å². The number of pyridine rings is 1. The van der Waals surface area contributed by atoms with Gasteiger partial charge in [0, 0.05) is 31.4 Å². The van der Waals surface area contributed by atoms with Gasteiger partial charge in [-0.3, -0.25) is 9.98 Å². The first kappa shape index (κ1) is 19.5. The van der Waals surface area contributed by atoms with Gasteiger partial charge in [-0.2, -0.15) is 0 Å². The molecular weight excluding hydrogens is 374 g/mol. The number of methoxy groups -OCH3 is 1. The normalized spacial score (nSPS) is 14.1. The van der Waals surface area contributed by atoms with E-state index in [2.05, 4.69) is 45.6 Å². The molecule has 150 valence electrons. The van der Waals surface area contributed by atoms with Gasteiger partial charge in [-0.25, -0.2) is 0 Å². The Bertz CT molecular complexity index is 1120. The van der Waals surface area contributed by atoms with Gasteiger partial charge in [-0.05, 0) is 63.7 Å². The molecule has 0 aliphatic carbocycles. The number of aromatic hydroxyl groups is 1. The summed E-state index contributed by atoms with van der Waals surface area (Å²) in [6, 6.07) is 15.7. The molecular formula is C25H23N3O2. The van der Waals surface area contributed by atoms with Crippen molar-refractivity contribution in [2.45, 2.75) is 6.54 Å². The van der Waals surface area contributed by atoms with Crippen molar-refractivity contribution in [1.82, 2.24) is 10.3 Å². The van der Waals surface area contributed by atoms with Crippen molar-refractivity contribution in [3.05, 3.63) is 94.9 Å². The molecule has 0 spiro atoms. The third kappa shape index (κ3) is 4.58. The molecule has 1 aromatic heterocycles. The number of aliphatic imine (C=N–C) groups is 1. The number of hydrogen-bond donors (Lipinski definition) is 2.